The summed E-state index contributed by atoms with van der Waals surface area (Å²) >= 11 is 1.79. The van der Waals surface area contributed by atoms with Gasteiger partial charge in [0.2, 0.25) is 0 Å². The Morgan fingerprint density at radius 2 is 2.25 bits per heavy atom. The molecule has 1 rings (SSSR count). The van der Waals surface area contributed by atoms with E-state index >= 15 is 0 Å². The Labute approximate surface area is 53.7 Å². The van der Waals surface area contributed by atoms with Crippen molar-refractivity contribution in [2.45, 2.75) is 13.8 Å². The van der Waals surface area contributed by atoms with Crippen LogP contribution in [0.4, 0.5) is 0 Å². The fourth-order valence-corrected chi connectivity index (χ4v) is 1.42. The van der Waals surface area contributed by atoms with Gasteiger partial charge >= 0.3 is 0 Å². The van der Waals surface area contributed by atoms with Crippen molar-refractivity contribution in [2.75, 3.05) is 5.88 Å². The molecule has 0 atom stereocenters. The van der Waals surface area contributed by atoms with Gasteiger partial charge in [0.25, 0.3) is 0 Å². The molecule has 0 aromatic heterocycles. The van der Waals surface area contributed by atoms with Gasteiger partial charge in [-0.2, -0.15) is 0 Å². The monoisotopic (exact) mass is 130 g/mol. The van der Waals surface area contributed by atoms with Gasteiger partial charge in [-0.05, 0) is 13.8 Å². The van der Waals surface area contributed by atoms with E-state index in [4.69, 9.17) is 5.84 Å². The minimum Gasteiger partial charge on any atom is -0.304 e. The number of rotatable bonds is 0. The van der Waals surface area contributed by atoms with Gasteiger partial charge in [0.1, 0.15) is 0 Å². The second-order valence-electron chi connectivity index (χ2n) is 1.88. The number of allylic oxidation sites excluding steroid dienone is 2. The molecule has 1 heterocycles. The lowest BCUT2D eigenvalue weighted by molar-refractivity contribution is 0.432. The summed E-state index contributed by atoms with van der Waals surface area (Å²) in [5.41, 5.74) is 1.20. The molecule has 1 aliphatic rings. The first-order valence-corrected chi connectivity index (χ1v) is 3.53. The van der Waals surface area contributed by atoms with Crippen molar-refractivity contribution in [1.29, 1.82) is 0 Å². The van der Waals surface area contributed by atoms with E-state index in [0.29, 0.717) is 0 Å². The number of thioether (sulfide) groups is 1. The molecule has 8 heavy (non-hydrogen) atoms. The van der Waals surface area contributed by atoms with Gasteiger partial charge in [-0.25, -0.2) is 5.84 Å². The van der Waals surface area contributed by atoms with Crippen molar-refractivity contribution in [3.63, 3.8) is 0 Å². The molecule has 0 unspecified atom stereocenters. The second kappa shape index (κ2) is 1.99. The lowest BCUT2D eigenvalue weighted by Crippen LogP contribution is -2.24. The third-order valence-electron chi connectivity index (χ3n) is 1.36. The zero-order chi connectivity index (χ0) is 6.15. The molecule has 0 bridgehead atoms. The third kappa shape index (κ3) is 0.833. The summed E-state index contributed by atoms with van der Waals surface area (Å²) in [7, 11) is 0. The molecule has 0 fully saturated rings. The standard InChI is InChI=1S/C5H10N2S/c1-4-5(2)8-3-7(4)6/h3,6H2,1-2H3. The highest BCUT2D eigenvalue weighted by molar-refractivity contribution is 8.03. The topological polar surface area (TPSA) is 29.3 Å². The van der Waals surface area contributed by atoms with Crippen molar-refractivity contribution < 1.29 is 0 Å². The van der Waals surface area contributed by atoms with Crippen LogP contribution in [0.3, 0.4) is 0 Å². The van der Waals surface area contributed by atoms with Crippen molar-refractivity contribution in [3.8, 4) is 0 Å². The summed E-state index contributed by atoms with van der Waals surface area (Å²) in [6, 6.07) is 0. The first-order valence-electron chi connectivity index (χ1n) is 2.54. The molecule has 0 saturated carbocycles. The normalized spacial score (nSPS) is 20.6. The Balaban J connectivity index is 2.71. The van der Waals surface area contributed by atoms with Gasteiger partial charge in [0.15, 0.2) is 0 Å². The molecule has 2 N–H and O–H groups in total. The average molecular weight is 130 g/mol. The molecule has 0 spiro atoms. The van der Waals surface area contributed by atoms with Crippen molar-refractivity contribution in [3.05, 3.63) is 10.6 Å². The highest BCUT2D eigenvalue weighted by atomic mass is 32.2. The van der Waals surface area contributed by atoms with Gasteiger partial charge in [0.05, 0.1) is 5.88 Å². The fraction of sp³-hybridized carbons (Fsp3) is 0.600. The van der Waals surface area contributed by atoms with Gasteiger partial charge in [-0.1, -0.05) is 0 Å². The van der Waals surface area contributed by atoms with Crippen LogP contribution in [0.15, 0.2) is 10.6 Å². The van der Waals surface area contributed by atoms with Gasteiger partial charge < -0.3 is 5.01 Å². The Morgan fingerprint density at radius 3 is 2.38 bits per heavy atom. The van der Waals surface area contributed by atoms with Crippen molar-refractivity contribution >= 4 is 11.8 Å². The van der Waals surface area contributed by atoms with E-state index in [0.717, 1.165) is 5.88 Å². The lowest BCUT2D eigenvalue weighted by atomic mass is 10.4. The summed E-state index contributed by atoms with van der Waals surface area (Å²) in [6.45, 7) is 4.13. The first-order chi connectivity index (χ1) is 3.72. The molecule has 0 saturated heterocycles. The van der Waals surface area contributed by atoms with E-state index in [1.165, 1.54) is 10.6 Å². The molecular formula is C5H10N2S. The van der Waals surface area contributed by atoms with Crippen LogP contribution >= 0.6 is 11.8 Å². The van der Waals surface area contributed by atoms with Crippen LogP contribution in [0.1, 0.15) is 13.8 Å². The first kappa shape index (κ1) is 5.98. The largest absolute Gasteiger partial charge is 0.304 e. The Bertz CT molecular complexity index is 130. The Morgan fingerprint density at radius 1 is 1.62 bits per heavy atom. The average Bonchev–Trinajstić information content (AvgIpc) is 1.98. The summed E-state index contributed by atoms with van der Waals surface area (Å²) in [5.74, 6) is 6.44. The van der Waals surface area contributed by atoms with Crippen LogP contribution in [0.5, 0.6) is 0 Å². The second-order valence-corrected chi connectivity index (χ2v) is 3.04. The zero-order valence-corrected chi connectivity index (χ0v) is 5.96. The van der Waals surface area contributed by atoms with Gasteiger partial charge in [-0.3, -0.25) is 0 Å². The van der Waals surface area contributed by atoms with Crippen molar-refractivity contribution in [1.82, 2.24) is 5.01 Å². The number of hydrazine groups is 1. The third-order valence-corrected chi connectivity index (χ3v) is 2.50. The van der Waals surface area contributed by atoms with E-state index < -0.39 is 0 Å². The number of nitrogens with zero attached hydrogens (tertiary/aromatic N) is 1. The molecule has 46 valence electrons. The fourth-order valence-electron chi connectivity index (χ4n) is 0.570. The summed E-state index contributed by atoms with van der Waals surface area (Å²) in [5, 5.41) is 1.76. The quantitative estimate of drug-likeness (QED) is 0.498. The lowest BCUT2D eigenvalue weighted by Gasteiger charge is -2.08. The minimum absolute atomic E-state index is 0.914. The highest BCUT2D eigenvalue weighted by Gasteiger charge is 2.11. The summed E-state index contributed by atoms with van der Waals surface area (Å²) in [4.78, 5) is 1.34. The van der Waals surface area contributed by atoms with Gasteiger partial charge in [-0.15, -0.1) is 11.8 Å². The summed E-state index contributed by atoms with van der Waals surface area (Å²) in [6.07, 6.45) is 0. The maximum Gasteiger partial charge on any atom is 0.0836 e. The van der Waals surface area contributed by atoms with E-state index in [-0.39, 0.29) is 0 Å². The molecular weight excluding hydrogens is 120 g/mol. The van der Waals surface area contributed by atoms with Crippen LogP contribution in [0.2, 0.25) is 0 Å². The van der Waals surface area contributed by atoms with E-state index in [9.17, 15) is 0 Å². The van der Waals surface area contributed by atoms with Crippen molar-refractivity contribution in [2.24, 2.45) is 5.84 Å². The molecule has 0 radical (unpaired) electrons. The number of hydrogen-bond acceptors (Lipinski definition) is 3. The molecule has 0 aromatic carbocycles. The van der Waals surface area contributed by atoms with Crippen LogP contribution in [0, 0.1) is 0 Å². The summed E-state index contributed by atoms with van der Waals surface area (Å²) < 4.78 is 0. The molecule has 0 amide bonds. The smallest absolute Gasteiger partial charge is 0.0836 e. The zero-order valence-electron chi connectivity index (χ0n) is 5.14. The SMILES string of the molecule is CC1=C(C)N(N)CS1. The molecule has 0 aromatic rings. The van der Waals surface area contributed by atoms with Crippen LogP contribution in [-0.4, -0.2) is 10.9 Å². The maximum atomic E-state index is 5.52. The molecule has 3 heteroatoms. The number of hydrogen-bond donors (Lipinski definition) is 1. The van der Waals surface area contributed by atoms with E-state index in [2.05, 4.69) is 6.92 Å². The van der Waals surface area contributed by atoms with E-state index in [1.807, 2.05) is 6.92 Å². The maximum absolute atomic E-state index is 5.52. The predicted molar refractivity (Wildman–Crippen MR) is 36.9 cm³/mol. The molecule has 2 nitrogen and oxygen atoms in total. The van der Waals surface area contributed by atoms with Crippen LogP contribution in [-0.2, 0) is 0 Å². The Kier molecular flexibility index (Phi) is 1.49. The Hall–Kier alpha value is -0.150. The van der Waals surface area contributed by atoms with Crippen LogP contribution < -0.4 is 5.84 Å². The minimum atomic E-state index is 0.914. The highest BCUT2D eigenvalue weighted by Crippen LogP contribution is 2.27. The predicted octanol–water partition coefficient (Wildman–Crippen LogP) is 1.12. The number of nitrogens with two attached hydrogens (primary N) is 1. The molecule has 1 aliphatic heterocycles. The van der Waals surface area contributed by atoms with E-state index in [1.54, 1.807) is 16.8 Å². The van der Waals surface area contributed by atoms with Gasteiger partial charge in [0, 0.05) is 10.6 Å². The molecule has 0 aliphatic carbocycles. The van der Waals surface area contributed by atoms with Crippen LogP contribution in [0.25, 0.3) is 0 Å².